The molecule has 0 amide bonds. The Balaban J connectivity index is 0.000000313. The van der Waals surface area contributed by atoms with Crippen LogP contribution in [-0.4, -0.2) is 23.4 Å². The van der Waals surface area contributed by atoms with Gasteiger partial charge in [0.1, 0.15) is 11.5 Å². The molecule has 0 unspecified atom stereocenters. The largest absolute Gasteiger partial charge is 0.507 e. The van der Waals surface area contributed by atoms with Gasteiger partial charge in [0.2, 0.25) is 0 Å². The summed E-state index contributed by atoms with van der Waals surface area (Å²) in [5.74, 6) is 0.350. The van der Waals surface area contributed by atoms with Crippen LogP contribution in [0.3, 0.4) is 0 Å². The summed E-state index contributed by atoms with van der Waals surface area (Å²) < 4.78 is 4.50. The van der Waals surface area contributed by atoms with E-state index in [2.05, 4.69) is 4.74 Å². The van der Waals surface area contributed by atoms with Crippen molar-refractivity contribution in [1.29, 1.82) is 0 Å². The van der Waals surface area contributed by atoms with Gasteiger partial charge in [-0.25, -0.2) is 0 Å². The van der Waals surface area contributed by atoms with Crippen LogP contribution >= 0.6 is 0 Å². The zero-order valence-corrected chi connectivity index (χ0v) is 9.34. The van der Waals surface area contributed by atoms with Crippen LogP contribution in [0, 0.1) is 0 Å². The summed E-state index contributed by atoms with van der Waals surface area (Å²) in [6.07, 6.45) is 0. The van der Waals surface area contributed by atoms with Gasteiger partial charge in [0.05, 0.1) is 13.2 Å². The van der Waals surface area contributed by atoms with Gasteiger partial charge >= 0.3 is 0 Å². The Bertz CT molecular complexity index is 446. The standard InChI is InChI=1S/C12H10O2.C2H4O/c13-11-7-3-1-5-9(11)10-6-2-4-8-12(10)14;1-2-3-1/h1-8,13-14H;1-2H2. The highest BCUT2D eigenvalue weighted by molar-refractivity contribution is 5.74. The molecule has 0 spiro atoms. The van der Waals surface area contributed by atoms with E-state index >= 15 is 0 Å². The quantitative estimate of drug-likeness (QED) is 0.741. The fraction of sp³-hybridized carbons (Fsp3) is 0.143. The zero-order chi connectivity index (χ0) is 12.1. The number of phenolic OH excluding ortho intramolecular Hbond substituents is 2. The fourth-order valence-corrected chi connectivity index (χ4v) is 1.40. The molecule has 1 aliphatic heterocycles. The minimum atomic E-state index is 0.175. The summed E-state index contributed by atoms with van der Waals surface area (Å²) in [6.45, 7) is 2.00. The molecule has 0 aromatic heterocycles. The van der Waals surface area contributed by atoms with Gasteiger partial charge in [0, 0.05) is 11.1 Å². The third-order valence-electron chi connectivity index (χ3n) is 2.30. The molecular formula is C14H14O3. The summed E-state index contributed by atoms with van der Waals surface area (Å²) in [7, 11) is 0. The van der Waals surface area contributed by atoms with Crippen LogP contribution in [0.5, 0.6) is 11.5 Å². The molecule has 0 saturated carbocycles. The van der Waals surface area contributed by atoms with Crippen molar-refractivity contribution in [1.82, 2.24) is 0 Å². The number of hydrogen-bond donors (Lipinski definition) is 2. The molecule has 88 valence electrons. The lowest BCUT2D eigenvalue weighted by Crippen LogP contribution is -1.79. The van der Waals surface area contributed by atoms with E-state index in [1.165, 1.54) is 0 Å². The van der Waals surface area contributed by atoms with Crippen molar-refractivity contribution >= 4 is 0 Å². The second-order valence-corrected chi connectivity index (χ2v) is 3.65. The van der Waals surface area contributed by atoms with Crippen LogP contribution in [0.2, 0.25) is 0 Å². The van der Waals surface area contributed by atoms with Gasteiger partial charge in [-0.1, -0.05) is 36.4 Å². The van der Waals surface area contributed by atoms with Gasteiger partial charge in [-0.15, -0.1) is 0 Å². The normalized spacial score (nSPS) is 12.5. The van der Waals surface area contributed by atoms with Crippen LogP contribution in [-0.2, 0) is 4.74 Å². The van der Waals surface area contributed by atoms with E-state index in [0.717, 1.165) is 13.2 Å². The van der Waals surface area contributed by atoms with E-state index in [1.54, 1.807) is 36.4 Å². The van der Waals surface area contributed by atoms with Crippen molar-refractivity contribution in [2.45, 2.75) is 0 Å². The number of hydrogen-bond acceptors (Lipinski definition) is 3. The molecule has 2 aromatic rings. The molecule has 2 aromatic carbocycles. The minimum Gasteiger partial charge on any atom is -0.507 e. The Morgan fingerprint density at radius 2 is 1.06 bits per heavy atom. The van der Waals surface area contributed by atoms with E-state index in [1.807, 2.05) is 12.1 Å². The van der Waals surface area contributed by atoms with Crippen LogP contribution in [0.25, 0.3) is 11.1 Å². The Morgan fingerprint density at radius 3 is 1.35 bits per heavy atom. The first-order valence-corrected chi connectivity index (χ1v) is 5.43. The zero-order valence-electron chi connectivity index (χ0n) is 9.34. The number of aromatic hydroxyl groups is 2. The number of phenols is 2. The molecule has 0 atom stereocenters. The molecule has 0 bridgehead atoms. The predicted octanol–water partition coefficient (Wildman–Crippen LogP) is 2.78. The van der Waals surface area contributed by atoms with E-state index in [4.69, 9.17) is 0 Å². The molecule has 0 aliphatic carbocycles. The van der Waals surface area contributed by atoms with Gasteiger partial charge in [0.25, 0.3) is 0 Å². The Labute approximate surface area is 99.9 Å². The summed E-state index contributed by atoms with van der Waals surface area (Å²) in [4.78, 5) is 0. The number of benzene rings is 2. The first kappa shape index (κ1) is 11.5. The first-order chi connectivity index (χ1) is 8.29. The average molecular weight is 230 g/mol. The molecule has 1 saturated heterocycles. The van der Waals surface area contributed by atoms with Crippen LogP contribution in [0.15, 0.2) is 48.5 Å². The van der Waals surface area contributed by atoms with Gasteiger partial charge in [-0.3, -0.25) is 0 Å². The SMILES string of the molecule is C1CO1.Oc1ccccc1-c1ccccc1O. The van der Waals surface area contributed by atoms with Crippen LogP contribution in [0.4, 0.5) is 0 Å². The van der Waals surface area contributed by atoms with E-state index in [9.17, 15) is 10.2 Å². The Morgan fingerprint density at radius 1 is 0.706 bits per heavy atom. The minimum absolute atomic E-state index is 0.175. The predicted molar refractivity (Wildman–Crippen MR) is 66.0 cm³/mol. The van der Waals surface area contributed by atoms with Crippen LogP contribution in [0.1, 0.15) is 0 Å². The van der Waals surface area contributed by atoms with Crippen molar-refractivity contribution in [2.24, 2.45) is 0 Å². The Hall–Kier alpha value is -2.00. The molecule has 3 rings (SSSR count). The molecule has 1 heterocycles. The topological polar surface area (TPSA) is 53.0 Å². The van der Waals surface area contributed by atoms with Gasteiger partial charge in [-0.05, 0) is 12.1 Å². The van der Waals surface area contributed by atoms with Crippen molar-refractivity contribution in [3.63, 3.8) is 0 Å². The smallest absolute Gasteiger partial charge is 0.123 e. The monoisotopic (exact) mass is 230 g/mol. The molecule has 3 heteroatoms. The lowest BCUT2D eigenvalue weighted by atomic mass is 10.0. The Kier molecular flexibility index (Phi) is 3.62. The number of para-hydroxylation sites is 2. The molecule has 1 aliphatic rings. The van der Waals surface area contributed by atoms with E-state index in [-0.39, 0.29) is 11.5 Å². The molecule has 0 radical (unpaired) electrons. The second kappa shape index (κ2) is 5.37. The molecule has 2 N–H and O–H groups in total. The third kappa shape index (κ3) is 3.23. The fourth-order valence-electron chi connectivity index (χ4n) is 1.40. The highest BCUT2D eigenvalue weighted by Crippen LogP contribution is 2.34. The maximum atomic E-state index is 9.58. The molecule has 1 fully saturated rings. The summed E-state index contributed by atoms with van der Waals surface area (Å²) >= 11 is 0. The van der Waals surface area contributed by atoms with Gasteiger partial charge in [0.15, 0.2) is 0 Å². The first-order valence-electron chi connectivity index (χ1n) is 5.43. The van der Waals surface area contributed by atoms with Crippen molar-refractivity contribution in [2.75, 3.05) is 13.2 Å². The maximum absolute atomic E-state index is 9.58. The summed E-state index contributed by atoms with van der Waals surface area (Å²) in [6, 6.07) is 13.9. The number of rotatable bonds is 1. The lowest BCUT2D eigenvalue weighted by molar-refractivity contribution is 0.469. The van der Waals surface area contributed by atoms with Crippen molar-refractivity contribution in [3.8, 4) is 22.6 Å². The average Bonchev–Trinajstić information content (AvgIpc) is 3.19. The maximum Gasteiger partial charge on any atom is 0.123 e. The third-order valence-corrected chi connectivity index (χ3v) is 2.30. The molecule has 17 heavy (non-hydrogen) atoms. The van der Waals surface area contributed by atoms with Crippen LogP contribution < -0.4 is 0 Å². The number of ether oxygens (including phenoxy) is 1. The van der Waals surface area contributed by atoms with Crippen molar-refractivity contribution in [3.05, 3.63) is 48.5 Å². The van der Waals surface area contributed by atoms with Gasteiger partial charge < -0.3 is 14.9 Å². The summed E-state index contributed by atoms with van der Waals surface area (Å²) in [5, 5.41) is 19.2. The number of epoxide rings is 1. The lowest BCUT2D eigenvalue weighted by Gasteiger charge is -2.05. The summed E-state index contributed by atoms with van der Waals surface area (Å²) in [5.41, 5.74) is 1.29. The highest BCUT2D eigenvalue weighted by Gasteiger charge is 2.06. The van der Waals surface area contributed by atoms with E-state index < -0.39 is 0 Å². The van der Waals surface area contributed by atoms with E-state index in [0.29, 0.717) is 11.1 Å². The second-order valence-electron chi connectivity index (χ2n) is 3.65. The molecule has 3 nitrogen and oxygen atoms in total. The molecular weight excluding hydrogens is 216 g/mol. The van der Waals surface area contributed by atoms with Gasteiger partial charge in [-0.2, -0.15) is 0 Å². The highest BCUT2D eigenvalue weighted by atomic mass is 16.6. The van der Waals surface area contributed by atoms with Crippen molar-refractivity contribution < 1.29 is 14.9 Å².